The van der Waals surface area contributed by atoms with Gasteiger partial charge in [0, 0.05) is 10.5 Å². The van der Waals surface area contributed by atoms with Crippen LogP contribution in [0.4, 0.5) is 0 Å². The van der Waals surface area contributed by atoms with E-state index in [2.05, 4.69) is 48.2 Å². The third kappa shape index (κ3) is 3.97. The van der Waals surface area contributed by atoms with E-state index in [9.17, 15) is 0 Å². The Labute approximate surface area is 118 Å². The van der Waals surface area contributed by atoms with Crippen molar-refractivity contribution in [2.45, 2.75) is 33.2 Å². The van der Waals surface area contributed by atoms with Gasteiger partial charge in [-0.1, -0.05) is 36.7 Å². The fourth-order valence-electron chi connectivity index (χ4n) is 2.00. The van der Waals surface area contributed by atoms with Crippen molar-refractivity contribution in [1.82, 2.24) is 5.43 Å². The second-order valence-corrected chi connectivity index (χ2v) is 5.95. The van der Waals surface area contributed by atoms with Crippen LogP contribution >= 0.6 is 15.9 Å². The first kappa shape index (κ1) is 15.5. The molecule has 18 heavy (non-hydrogen) atoms. The normalized spacial score (nSPS) is 14.6. The highest BCUT2D eigenvalue weighted by atomic mass is 79.9. The van der Waals surface area contributed by atoms with Gasteiger partial charge in [-0.3, -0.25) is 11.3 Å². The highest BCUT2D eigenvalue weighted by molar-refractivity contribution is 9.10. The maximum Gasteiger partial charge on any atom is 0.122 e. The molecule has 1 rings (SSSR count). The number of nitrogens with one attached hydrogen (secondary N) is 1. The minimum absolute atomic E-state index is 0.244. The van der Waals surface area contributed by atoms with Gasteiger partial charge < -0.3 is 4.74 Å². The lowest BCUT2D eigenvalue weighted by molar-refractivity contribution is 0.296. The minimum Gasteiger partial charge on any atom is -0.496 e. The molecule has 0 amide bonds. The van der Waals surface area contributed by atoms with Crippen LogP contribution in [-0.2, 0) is 6.42 Å². The molecular formula is C14H23BrN2O. The summed E-state index contributed by atoms with van der Waals surface area (Å²) in [4.78, 5) is 0. The highest BCUT2D eigenvalue weighted by Crippen LogP contribution is 2.26. The van der Waals surface area contributed by atoms with Crippen LogP contribution in [0.5, 0.6) is 5.75 Å². The van der Waals surface area contributed by atoms with Gasteiger partial charge >= 0.3 is 0 Å². The minimum atomic E-state index is 0.244. The summed E-state index contributed by atoms with van der Waals surface area (Å²) in [7, 11) is 1.70. The maximum absolute atomic E-state index is 5.69. The van der Waals surface area contributed by atoms with E-state index in [1.807, 2.05) is 12.1 Å². The van der Waals surface area contributed by atoms with Gasteiger partial charge in [-0.05, 0) is 42.0 Å². The lowest BCUT2D eigenvalue weighted by Gasteiger charge is -2.27. The predicted molar refractivity (Wildman–Crippen MR) is 79.5 cm³/mol. The molecule has 0 saturated heterocycles. The second kappa shape index (κ2) is 7.12. The van der Waals surface area contributed by atoms with E-state index in [0.717, 1.165) is 16.6 Å². The van der Waals surface area contributed by atoms with E-state index in [-0.39, 0.29) is 6.04 Å². The Bertz CT molecular complexity index is 382. The average molecular weight is 315 g/mol. The molecular weight excluding hydrogens is 292 g/mol. The average Bonchev–Trinajstić information content (AvgIpc) is 2.35. The Morgan fingerprint density at radius 2 is 2.00 bits per heavy atom. The van der Waals surface area contributed by atoms with E-state index >= 15 is 0 Å². The highest BCUT2D eigenvalue weighted by Gasteiger charge is 2.20. The van der Waals surface area contributed by atoms with E-state index in [0.29, 0.717) is 11.8 Å². The van der Waals surface area contributed by atoms with Crippen molar-refractivity contribution in [1.29, 1.82) is 0 Å². The molecule has 0 aliphatic carbocycles. The summed E-state index contributed by atoms with van der Waals surface area (Å²) in [5.41, 5.74) is 4.10. The number of rotatable bonds is 6. The number of hydrazine groups is 1. The van der Waals surface area contributed by atoms with Gasteiger partial charge in [-0.2, -0.15) is 0 Å². The van der Waals surface area contributed by atoms with Crippen molar-refractivity contribution in [3.05, 3.63) is 28.2 Å². The quantitative estimate of drug-likeness (QED) is 0.626. The van der Waals surface area contributed by atoms with Gasteiger partial charge in [0.05, 0.1) is 7.11 Å². The first-order chi connectivity index (χ1) is 8.49. The van der Waals surface area contributed by atoms with Crippen LogP contribution in [0.1, 0.15) is 26.3 Å². The Balaban J connectivity index is 2.90. The second-order valence-electron chi connectivity index (χ2n) is 5.04. The monoisotopic (exact) mass is 314 g/mol. The molecule has 1 aromatic rings. The topological polar surface area (TPSA) is 47.3 Å². The molecule has 0 fully saturated rings. The van der Waals surface area contributed by atoms with Crippen molar-refractivity contribution < 1.29 is 4.74 Å². The summed E-state index contributed by atoms with van der Waals surface area (Å²) in [6, 6.07) is 6.30. The van der Waals surface area contributed by atoms with Crippen LogP contribution in [-0.4, -0.2) is 13.2 Å². The van der Waals surface area contributed by atoms with Crippen LogP contribution in [0.25, 0.3) is 0 Å². The zero-order chi connectivity index (χ0) is 13.7. The van der Waals surface area contributed by atoms with Crippen molar-refractivity contribution in [2.24, 2.45) is 17.7 Å². The SMILES string of the molecule is COc1ccc(Br)cc1CC(NN)C(C)C(C)C. The molecule has 0 spiro atoms. The van der Waals surface area contributed by atoms with E-state index in [1.54, 1.807) is 7.11 Å². The molecule has 2 atom stereocenters. The van der Waals surface area contributed by atoms with Gasteiger partial charge in [0.15, 0.2) is 0 Å². The first-order valence-electron chi connectivity index (χ1n) is 6.28. The van der Waals surface area contributed by atoms with Crippen LogP contribution in [0.3, 0.4) is 0 Å². The molecule has 0 saturated carbocycles. The van der Waals surface area contributed by atoms with Gasteiger partial charge in [0.1, 0.15) is 5.75 Å². The molecule has 0 bridgehead atoms. The molecule has 3 N–H and O–H groups in total. The number of hydrogen-bond acceptors (Lipinski definition) is 3. The molecule has 0 heterocycles. The molecule has 2 unspecified atom stereocenters. The molecule has 1 aromatic carbocycles. The summed E-state index contributed by atoms with van der Waals surface area (Å²) in [6.45, 7) is 6.65. The van der Waals surface area contributed by atoms with E-state index < -0.39 is 0 Å². The summed E-state index contributed by atoms with van der Waals surface area (Å²) < 4.78 is 6.46. The fourth-order valence-corrected chi connectivity index (χ4v) is 2.41. The van der Waals surface area contributed by atoms with Gasteiger partial charge in [-0.15, -0.1) is 0 Å². The third-order valence-corrected chi connectivity index (χ3v) is 4.08. The number of benzene rings is 1. The largest absolute Gasteiger partial charge is 0.496 e. The van der Waals surface area contributed by atoms with Crippen LogP contribution in [0.2, 0.25) is 0 Å². The Morgan fingerprint density at radius 3 is 2.50 bits per heavy atom. The van der Waals surface area contributed by atoms with E-state index in [1.165, 1.54) is 5.56 Å². The van der Waals surface area contributed by atoms with Gasteiger partial charge in [-0.25, -0.2) is 0 Å². The number of hydrogen-bond donors (Lipinski definition) is 2. The summed E-state index contributed by atoms with van der Waals surface area (Å²) in [5, 5.41) is 0. The van der Waals surface area contributed by atoms with Crippen molar-refractivity contribution >= 4 is 15.9 Å². The Morgan fingerprint density at radius 1 is 1.33 bits per heavy atom. The first-order valence-corrected chi connectivity index (χ1v) is 7.07. The number of methoxy groups -OCH3 is 1. The molecule has 0 radical (unpaired) electrons. The summed E-state index contributed by atoms with van der Waals surface area (Å²) in [5.74, 6) is 7.68. The fraction of sp³-hybridized carbons (Fsp3) is 0.571. The third-order valence-electron chi connectivity index (χ3n) is 3.58. The number of nitrogens with two attached hydrogens (primary N) is 1. The van der Waals surface area contributed by atoms with Crippen LogP contribution < -0.4 is 16.0 Å². The van der Waals surface area contributed by atoms with Crippen molar-refractivity contribution in [2.75, 3.05) is 7.11 Å². The van der Waals surface area contributed by atoms with Crippen molar-refractivity contribution in [3.63, 3.8) is 0 Å². The molecule has 0 aromatic heterocycles. The maximum atomic E-state index is 5.69. The lowest BCUT2D eigenvalue weighted by Crippen LogP contribution is -2.43. The van der Waals surface area contributed by atoms with Crippen molar-refractivity contribution in [3.8, 4) is 5.75 Å². The zero-order valence-corrected chi connectivity index (χ0v) is 13.1. The zero-order valence-electron chi connectivity index (χ0n) is 11.5. The molecule has 102 valence electrons. The number of ether oxygens (including phenoxy) is 1. The number of halogens is 1. The smallest absolute Gasteiger partial charge is 0.122 e. The van der Waals surface area contributed by atoms with Crippen LogP contribution in [0, 0.1) is 11.8 Å². The molecule has 0 aliphatic heterocycles. The van der Waals surface area contributed by atoms with E-state index in [4.69, 9.17) is 10.6 Å². The van der Waals surface area contributed by atoms with Gasteiger partial charge in [0.2, 0.25) is 0 Å². The summed E-state index contributed by atoms with van der Waals surface area (Å²) >= 11 is 3.50. The Hall–Kier alpha value is -0.580. The van der Waals surface area contributed by atoms with Crippen LogP contribution in [0.15, 0.2) is 22.7 Å². The lowest BCUT2D eigenvalue weighted by atomic mass is 9.87. The molecule has 0 aliphatic rings. The standard InChI is InChI=1S/C14H23BrN2O/c1-9(2)10(3)13(17-16)8-11-7-12(15)5-6-14(11)18-4/h5-7,9-10,13,17H,8,16H2,1-4H3. The molecule has 3 nitrogen and oxygen atoms in total. The van der Waals surface area contributed by atoms with Gasteiger partial charge in [0.25, 0.3) is 0 Å². The summed E-state index contributed by atoms with van der Waals surface area (Å²) in [6.07, 6.45) is 0.860. The predicted octanol–water partition coefficient (Wildman–Crippen LogP) is 3.12. The molecule has 4 heteroatoms. The Kier molecular flexibility index (Phi) is 6.12.